The maximum Gasteiger partial charge on any atom is 0.137 e. The number of para-hydroxylation sites is 1. The number of ether oxygens (including phenoxy) is 1. The molecule has 0 spiro atoms. The molecular formula is C13H16ClN3O. The van der Waals surface area contributed by atoms with Crippen LogP contribution in [0.5, 0.6) is 0 Å². The first-order chi connectivity index (χ1) is 8.81. The van der Waals surface area contributed by atoms with Crippen LogP contribution < -0.4 is 5.32 Å². The molecule has 0 saturated heterocycles. The van der Waals surface area contributed by atoms with Gasteiger partial charge in [-0.25, -0.2) is 9.97 Å². The van der Waals surface area contributed by atoms with E-state index < -0.39 is 0 Å². The fraction of sp³-hybridized carbons (Fsp3) is 0.385. The normalized spacial score (nSPS) is 12.6. The molecule has 2 rings (SSSR count). The van der Waals surface area contributed by atoms with Crippen molar-refractivity contribution in [1.29, 1.82) is 0 Å². The molecule has 0 aliphatic heterocycles. The SMILES string of the molecule is COCC(Cl)CCNc1ncnc2ccccc12. The van der Waals surface area contributed by atoms with E-state index in [1.165, 1.54) is 0 Å². The Kier molecular flexibility index (Phi) is 4.73. The van der Waals surface area contributed by atoms with Crippen LogP contribution >= 0.6 is 11.6 Å². The van der Waals surface area contributed by atoms with Crippen molar-refractivity contribution in [2.75, 3.05) is 25.6 Å². The highest BCUT2D eigenvalue weighted by Gasteiger charge is 2.05. The van der Waals surface area contributed by atoms with Crippen molar-refractivity contribution in [2.24, 2.45) is 0 Å². The zero-order valence-corrected chi connectivity index (χ0v) is 11.0. The van der Waals surface area contributed by atoms with Gasteiger partial charge in [0.15, 0.2) is 0 Å². The van der Waals surface area contributed by atoms with E-state index in [1.54, 1.807) is 13.4 Å². The van der Waals surface area contributed by atoms with Crippen LogP contribution in [0.3, 0.4) is 0 Å². The van der Waals surface area contributed by atoms with Crippen LogP contribution in [-0.2, 0) is 4.74 Å². The molecule has 18 heavy (non-hydrogen) atoms. The summed E-state index contributed by atoms with van der Waals surface area (Å²) < 4.78 is 4.99. The van der Waals surface area contributed by atoms with Crippen LogP contribution in [0.2, 0.25) is 0 Å². The molecule has 0 saturated carbocycles. The highest BCUT2D eigenvalue weighted by molar-refractivity contribution is 6.20. The lowest BCUT2D eigenvalue weighted by molar-refractivity contribution is 0.196. The average molecular weight is 266 g/mol. The molecule has 0 bridgehead atoms. The molecule has 0 fully saturated rings. The topological polar surface area (TPSA) is 47.0 Å². The van der Waals surface area contributed by atoms with E-state index in [0.717, 1.165) is 29.7 Å². The fourth-order valence-electron chi connectivity index (χ4n) is 1.76. The van der Waals surface area contributed by atoms with Gasteiger partial charge in [-0.15, -0.1) is 11.6 Å². The number of nitrogens with one attached hydrogen (secondary N) is 1. The van der Waals surface area contributed by atoms with Gasteiger partial charge in [0.1, 0.15) is 12.1 Å². The molecule has 5 heteroatoms. The third-order valence-electron chi connectivity index (χ3n) is 2.64. The molecule has 0 radical (unpaired) electrons. The number of halogens is 1. The Bertz CT molecular complexity index is 501. The van der Waals surface area contributed by atoms with Crippen molar-refractivity contribution < 1.29 is 4.74 Å². The summed E-state index contributed by atoms with van der Waals surface area (Å²) in [5, 5.41) is 4.34. The standard InChI is InChI=1S/C13H16ClN3O/c1-18-8-10(14)6-7-15-13-11-4-2-3-5-12(11)16-9-17-13/h2-5,9-10H,6-8H2,1H3,(H,15,16,17). The summed E-state index contributed by atoms with van der Waals surface area (Å²) in [5.41, 5.74) is 0.939. The number of rotatable bonds is 6. The third kappa shape index (κ3) is 3.31. The van der Waals surface area contributed by atoms with Crippen molar-refractivity contribution >= 4 is 28.3 Å². The highest BCUT2D eigenvalue weighted by Crippen LogP contribution is 2.18. The van der Waals surface area contributed by atoms with Gasteiger partial charge in [-0.3, -0.25) is 0 Å². The largest absolute Gasteiger partial charge is 0.383 e. The Hall–Kier alpha value is -1.39. The van der Waals surface area contributed by atoms with Crippen molar-refractivity contribution in [3.05, 3.63) is 30.6 Å². The van der Waals surface area contributed by atoms with E-state index in [0.29, 0.717) is 6.61 Å². The van der Waals surface area contributed by atoms with Crippen molar-refractivity contribution in [2.45, 2.75) is 11.8 Å². The van der Waals surface area contributed by atoms with Gasteiger partial charge in [0, 0.05) is 19.0 Å². The summed E-state index contributed by atoms with van der Waals surface area (Å²) in [6.07, 6.45) is 2.39. The predicted octanol–water partition coefficient (Wildman–Crippen LogP) is 2.69. The number of nitrogens with zero attached hydrogens (tertiary/aromatic N) is 2. The number of fused-ring (bicyclic) bond motifs is 1. The molecule has 1 N–H and O–H groups in total. The minimum absolute atomic E-state index is 0.0237. The number of alkyl halides is 1. The zero-order valence-electron chi connectivity index (χ0n) is 10.3. The number of anilines is 1. The van der Waals surface area contributed by atoms with Crippen LogP contribution in [0.25, 0.3) is 10.9 Å². The van der Waals surface area contributed by atoms with Crippen LogP contribution in [0, 0.1) is 0 Å². The summed E-state index contributed by atoms with van der Waals surface area (Å²) in [6, 6.07) is 7.92. The predicted molar refractivity (Wildman–Crippen MR) is 74.2 cm³/mol. The number of aromatic nitrogens is 2. The number of benzene rings is 1. The minimum atomic E-state index is 0.0237. The smallest absolute Gasteiger partial charge is 0.137 e. The first-order valence-corrected chi connectivity index (χ1v) is 6.31. The molecule has 1 unspecified atom stereocenters. The quantitative estimate of drug-likeness (QED) is 0.816. The Labute approximate surface area is 111 Å². The molecule has 1 heterocycles. The lowest BCUT2D eigenvalue weighted by Gasteiger charge is -2.10. The van der Waals surface area contributed by atoms with E-state index in [1.807, 2.05) is 24.3 Å². The molecule has 0 amide bonds. The van der Waals surface area contributed by atoms with Crippen LogP contribution in [0.4, 0.5) is 5.82 Å². The molecule has 4 nitrogen and oxygen atoms in total. The molecule has 0 aliphatic rings. The van der Waals surface area contributed by atoms with E-state index in [-0.39, 0.29) is 5.38 Å². The third-order valence-corrected chi connectivity index (χ3v) is 2.98. The van der Waals surface area contributed by atoms with Crippen LogP contribution in [0.1, 0.15) is 6.42 Å². The van der Waals surface area contributed by atoms with E-state index in [9.17, 15) is 0 Å². The second-order valence-corrected chi connectivity index (χ2v) is 4.62. The second kappa shape index (κ2) is 6.52. The van der Waals surface area contributed by atoms with Crippen LogP contribution in [0.15, 0.2) is 30.6 Å². The van der Waals surface area contributed by atoms with Gasteiger partial charge in [0.05, 0.1) is 17.5 Å². The first kappa shape index (κ1) is 13.1. The monoisotopic (exact) mass is 265 g/mol. The summed E-state index contributed by atoms with van der Waals surface area (Å²) in [4.78, 5) is 8.47. The minimum Gasteiger partial charge on any atom is -0.383 e. The van der Waals surface area contributed by atoms with Crippen molar-refractivity contribution in [1.82, 2.24) is 9.97 Å². The maximum atomic E-state index is 6.07. The van der Waals surface area contributed by atoms with E-state index in [4.69, 9.17) is 16.3 Å². The molecule has 96 valence electrons. The molecular weight excluding hydrogens is 250 g/mol. The first-order valence-electron chi connectivity index (χ1n) is 5.88. The van der Waals surface area contributed by atoms with Gasteiger partial charge in [0.25, 0.3) is 0 Å². The molecule has 1 atom stereocenters. The summed E-state index contributed by atoms with van der Waals surface area (Å²) >= 11 is 6.07. The molecule has 1 aromatic heterocycles. The van der Waals surface area contributed by atoms with Gasteiger partial charge < -0.3 is 10.1 Å². The van der Waals surface area contributed by atoms with Gasteiger partial charge in [-0.05, 0) is 18.6 Å². The summed E-state index contributed by atoms with van der Waals surface area (Å²) in [6.45, 7) is 1.33. The lowest BCUT2D eigenvalue weighted by Crippen LogP contribution is -2.14. The Morgan fingerprint density at radius 1 is 1.33 bits per heavy atom. The second-order valence-electron chi connectivity index (χ2n) is 4.01. The zero-order chi connectivity index (χ0) is 12.8. The Balaban J connectivity index is 1.99. The lowest BCUT2D eigenvalue weighted by atomic mass is 10.2. The van der Waals surface area contributed by atoms with Gasteiger partial charge in [0.2, 0.25) is 0 Å². The molecule has 2 aromatic rings. The number of hydrogen-bond donors (Lipinski definition) is 1. The molecule has 1 aromatic carbocycles. The average Bonchev–Trinajstić information content (AvgIpc) is 2.39. The van der Waals surface area contributed by atoms with Gasteiger partial charge in [-0.1, -0.05) is 12.1 Å². The Morgan fingerprint density at radius 2 is 2.17 bits per heavy atom. The van der Waals surface area contributed by atoms with Crippen LogP contribution in [-0.4, -0.2) is 35.6 Å². The number of methoxy groups -OCH3 is 1. The van der Waals surface area contributed by atoms with Crippen molar-refractivity contribution in [3.8, 4) is 0 Å². The van der Waals surface area contributed by atoms with Gasteiger partial charge in [-0.2, -0.15) is 0 Å². The van der Waals surface area contributed by atoms with E-state index >= 15 is 0 Å². The molecule has 0 aliphatic carbocycles. The van der Waals surface area contributed by atoms with E-state index in [2.05, 4.69) is 15.3 Å². The van der Waals surface area contributed by atoms with Gasteiger partial charge >= 0.3 is 0 Å². The highest BCUT2D eigenvalue weighted by atomic mass is 35.5. The summed E-state index contributed by atoms with van der Waals surface area (Å²) in [7, 11) is 1.65. The Morgan fingerprint density at radius 3 is 3.00 bits per heavy atom. The summed E-state index contributed by atoms with van der Waals surface area (Å²) in [5.74, 6) is 0.849. The maximum absolute atomic E-state index is 6.07. The number of hydrogen-bond acceptors (Lipinski definition) is 4. The van der Waals surface area contributed by atoms with Crippen molar-refractivity contribution in [3.63, 3.8) is 0 Å². The fourth-order valence-corrected chi connectivity index (χ4v) is 1.99.